The Labute approximate surface area is 201 Å². The second-order valence-electron chi connectivity index (χ2n) is 7.73. The van der Waals surface area contributed by atoms with Gasteiger partial charge >= 0.3 is 0 Å². The molecule has 34 heavy (non-hydrogen) atoms. The fraction of sp³-hybridized carbons (Fsp3) is 0.0741. The number of hydrogen-bond acceptors (Lipinski definition) is 5. The molecule has 5 rings (SSSR count). The van der Waals surface area contributed by atoms with E-state index in [1.807, 2.05) is 48.5 Å². The number of amides is 2. The highest BCUT2D eigenvalue weighted by Crippen LogP contribution is 2.36. The first-order valence-electron chi connectivity index (χ1n) is 10.6. The number of hydrogen-bond donors (Lipinski definition) is 1. The predicted octanol–water partition coefficient (Wildman–Crippen LogP) is 4.84. The van der Waals surface area contributed by atoms with Crippen molar-refractivity contribution < 1.29 is 19.1 Å². The van der Waals surface area contributed by atoms with Crippen LogP contribution in [0.5, 0.6) is 11.5 Å². The molecule has 1 aliphatic rings. The van der Waals surface area contributed by atoms with Gasteiger partial charge in [0, 0.05) is 6.07 Å². The van der Waals surface area contributed by atoms with Gasteiger partial charge in [-0.3, -0.25) is 14.9 Å². The van der Waals surface area contributed by atoms with Crippen molar-refractivity contribution in [3.05, 3.63) is 83.9 Å². The van der Waals surface area contributed by atoms with Gasteiger partial charge in [0.1, 0.15) is 17.1 Å². The molecule has 2 amide bonds. The number of rotatable bonds is 4. The molecule has 168 valence electrons. The van der Waals surface area contributed by atoms with Crippen molar-refractivity contribution in [1.29, 1.82) is 0 Å². The lowest BCUT2D eigenvalue weighted by Crippen LogP contribution is -2.54. The van der Waals surface area contributed by atoms with E-state index >= 15 is 0 Å². The zero-order valence-corrected chi connectivity index (χ0v) is 19.3. The number of fused-ring (bicyclic) bond motifs is 2. The Bertz CT molecular complexity index is 1470. The summed E-state index contributed by atoms with van der Waals surface area (Å²) in [6.07, 6.45) is 1.64. The molecular formula is C27H20N2O4S. The molecule has 0 radical (unpaired) electrons. The molecule has 1 fully saturated rings. The van der Waals surface area contributed by atoms with Crippen molar-refractivity contribution in [2.24, 2.45) is 0 Å². The van der Waals surface area contributed by atoms with Gasteiger partial charge in [-0.2, -0.15) is 0 Å². The van der Waals surface area contributed by atoms with Gasteiger partial charge in [0.25, 0.3) is 11.8 Å². The summed E-state index contributed by atoms with van der Waals surface area (Å²) in [7, 11) is 3.03. The first kappa shape index (κ1) is 21.6. The van der Waals surface area contributed by atoms with Crippen LogP contribution in [0.15, 0.2) is 78.4 Å². The van der Waals surface area contributed by atoms with Crippen LogP contribution in [0.2, 0.25) is 0 Å². The lowest BCUT2D eigenvalue weighted by atomic mass is 9.94. The number of benzene rings is 4. The minimum atomic E-state index is -0.551. The van der Waals surface area contributed by atoms with E-state index in [4.69, 9.17) is 21.7 Å². The zero-order valence-electron chi connectivity index (χ0n) is 18.5. The number of nitrogens with zero attached hydrogens (tertiary/aromatic N) is 1. The summed E-state index contributed by atoms with van der Waals surface area (Å²) >= 11 is 5.37. The number of anilines is 1. The second kappa shape index (κ2) is 8.61. The molecule has 7 heteroatoms. The first-order chi connectivity index (χ1) is 16.5. The average Bonchev–Trinajstić information content (AvgIpc) is 2.85. The number of methoxy groups -OCH3 is 2. The van der Waals surface area contributed by atoms with Crippen LogP contribution >= 0.6 is 12.2 Å². The van der Waals surface area contributed by atoms with Crippen LogP contribution in [0, 0.1) is 0 Å². The largest absolute Gasteiger partial charge is 0.497 e. The Hall–Kier alpha value is -4.23. The highest BCUT2D eigenvalue weighted by molar-refractivity contribution is 7.80. The lowest BCUT2D eigenvalue weighted by molar-refractivity contribution is -0.122. The minimum absolute atomic E-state index is 0.0264. The van der Waals surface area contributed by atoms with E-state index in [1.54, 1.807) is 24.3 Å². The van der Waals surface area contributed by atoms with Crippen LogP contribution in [0.1, 0.15) is 5.56 Å². The molecule has 0 spiro atoms. The minimum Gasteiger partial charge on any atom is -0.497 e. The molecule has 0 unspecified atom stereocenters. The van der Waals surface area contributed by atoms with Crippen molar-refractivity contribution in [2.75, 3.05) is 19.1 Å². The normalized spacial score (nSPS) is 15.2. The van der Waals surface area contributed by atoms with Crippen molar-refractivity contribution in [3.8, 4) is 11.5 Å². The molecule has 4 aromatic rings. The van der Waals surface area contributed by atoms with Crippen LogP contribution in [0.4, 0.5) is 5.69 Å². The van der Waals surface area contributed by atoms with Gasteiger partial charge in [-0.25, -0.2) is 4.90 Å². The van der Waals surface area contributed by atoms with Crippen molar-refractivity contribution in [1.82, 2.24) is 5.32 Å². The highest BCUT2D eigenvalue weighted by Gasteiger charge is 2.36. The van der Waals surface area contributed by atoms with Gasteiger partial charge in [-0.15, -0.1) is 0 Å². The SMILES string of the molecule is COc1ccc(OC)c(N2C(=O)/C(=C/c3c4ccccc4cc4ccccc34)C(=O)NC2=S)c1. The van der Waals surface area contributed by atoms with Crippen molar-refractivity contribution in [2.45, 2.75) is 0 Å². The number of carbonyl (C=O) groups is 2. The Morgan fingerprint density at radius 1 is 0.853 bits per heavy atom. The Morgan fingerprint density at radius 2 is 1.50 bits per heavy atom. The van der Waals surface area contributed by atoms with Crippen LogP contribution in [-0.2, 0) is 9.59 Å². The number of carbonyl (C=O) groups excluding carboxylic acids is 2. The molecule has 0 aliphatic carbocycles. The van der Waals surface area contributed by atoms with Crippen LogP contribution < -0.4 is 19.7 Å². The van der Waals surface area contributed by atoms with Crippen molar-refractivity contribution >= 4 is 62.5 Å². The van der Waals surface area contributed by atoms with Crippen LogP contribution in [0.3, 0.4) is 0 Å². The zero-order chi connectivity index (χ0) is 23.8. The molecule has 6 nitrogen and oxygen atoms in total. The molecular weight excluding hydrogens is 448 g/mol. The predicted molar refractivity (Wildman–Crippen MR) is 137 cm³/mol. The summed E-state index contributed by atoms with van der Waals surface area (Å²) in [6.45, 7) is 0. The third kappa shape index (κ3) is 3.56. The van der Waals surface area contributed by atoms with E-state index in [0.29, 0.717) is 17.2 Å². The molecule has 0 aromatic heterocycles. The summed E-state index contributed by atoms with van der Waals surface area (Å²) in [4.78, 5) is 27.9. The Kier molecular flexibility index (Phi) is 5.47. The van der Waals surface area contributed by atoms with Crippen LogP contribution in [-0.4, -0.2) is 31.1 Å². The summed E-state index contributed by atoms with van der Waals surface area (Å²) in [5, 5.41) is 6.52. The fourth-order valence-electron chi connectivity index (χ4n) is 4.20. The number of nitrogens with one attached hydrogen (secondary N) is 1. The number of ether oxygens (including phenoxy) is 2. The summed E-state index contributed by atoms with van der Waals surface area (Å²) in [5.41, 5.74) is 1.14. The third-order valence-corrected chi connectivity index (χ3v) is 6.11. The summed E-state index contributed by atoms with van der Waals surface area (Å²) in [5.74, 6) is -0.154. The first-order valence-corrected chi connectivity index (χ1v) is 11.0. The van der Waals surface area contributed by atoms with E-state index in [-0.39, 0.29) is 10.7 Å². The van der Waals surface area contributed by atoms with Gasteiger partial charge in [0.2, 0.25) is 0 Å². The molecule has 1 aliphatic heterocycles. The average molecular weight is 469 g/mol. The van der Waals surface area contributed by atoms with Gasteiger partial charge in [-0.05, 0) is 63.6 Å². The summed E-state index contributed by atoms with van der Waals surface area (Å²) < 4.78 is 10.8. The van der Waals surface area contributed by atoms with Gasteiger partial charge in [-0.1, -0.05) is 48.5 Å². The van der Waals surface area contributed by atoms with E-state index < -0.39 is 11.8 Å². The maximum absolute atomic E-state index is 13.7. The van der Waals surface area contributed by atoms with E-state index in [2.05, 4.69) is 11.4 Å². The quantitative estimate of drug-likeness (QED) is 0.201. The molecule has 4 aromatic carbocycles. The van der Waals surface area contributed by atoms with Gasteiger partial charge in [0.05, 0.1) is 19.9 Å². The Balaban J connectivity index is 1.72. The number of thiocarbonyl (C=S) groups is 1. The molecule has 0 saturated carbocycles. The van der Waals surface area contributed by atoms with E-state index in [1.165, 1.54) is 19.1 Å². The van der Waals surface area contributed by atoms with Gasteiger partial charge < -0.3 is 9.47 Å². The van der Waals surface area contributed by atoms with E-state index in [0.717, 1.165) is 27.1 Å². The highest BCUT2D eigenvalue weighted by atomic mass is 32.1. The maximum atomic E-state index is 13.7. The third-order valence-electron chi connectivity index (χ3n) is 5.83. The molecule has 1 heterocycles. The fourth-order valence-corrected chi connectivity index (χ4v) is 4.47. The lowest BCUT2D eigenvalue weighted by Gasteiger charge is -2.30. The Morgan fingerprint density at radius 3 is 2.12 bits per heavy atom. The molecule has 0 bridgehead atoms. The van der Waals surface area contributed by atoms with Crippen LogP contribution in [0.25, 0.3) is 27.6 Å². The standard InChI is InChI=1S/C27H20N2O4S/c1-32-18-11-12-24(33-2)23(14-18)29-26(31)22(25(30)28-27(29)34)15-21-19-9-5-3-7-16(19)13-17-8-4-6-10-20(17)21/h3-15H,1-2H3,(H,28,30,34)/b22-15+. The topological polar surface area (TPSA) is 67.9 Å². The smallest absolute Gasteiger partial charge is 0.270 e. The molecule has 1 saturated heterocycles. The molecule has 1 N–H and O–H groups in total. The van der Waals surface area contributed by atoms with E-state index in [9.17, 15) is 9.59 Å². The summed E-state index contributed by atoms with van der Waals surface area (Å²) in [6, 6.07) is 22.9. The van der Waals surface area contributed by atoms with Crippen molar-refractivity contribution in [3.63, 3.8) is 0 Å². The second-order valence-corrected chi connectivity index (χ2v) is 8.11. The molecule has 0 atom stereocenters. The monoisotopic (exact) mass is 468 g/mol. The maximum Gasteiger partial charge on any atom is 0.270 e. The van der Waals surface area contributed by atoms with Gasteiger partial charge in [0.15, 0.2) is 5.11 Å².